The van der Waals surface area contributed by atoms with E-state index in [2.05, 4.69) is 42.2 Å². The van der Waals surface area contributed by atoms with E-state index in [1.54, 1.807) is 24.3 Å². The summed E-state index contributed by atoms with van der Waals surface area (Å²) in [6, 6.07) is 21.5. The monoisotopic (exact) mass is 519 g/mol. The molecule has 7 rings (SSSR count). The molecule has 39 heavy (non-hydrogen) atoms. The fourth-order valence-corrected chi connectivity index (χ4v) is 6.66. The summed E-state index contributed by atoms with van der Waals surface area (Å²) < 4.78 is 0. The number of benzene rings is 3. The zero-order valence-electron chi connectivity index (χ0n) is 22.0. The summed E-state index contributed by atoms with van der Waals surface area (Å²) in [5, 5.41) is 1.20. The SMILES string of the molecule is Cc1ccc2[nH]c3c(c2c1)CN(C(=O)C[NH+]1CCc2ccccc2[C@@H]1CN1C(=O)c2ccccc2C1=O)CC3. The Morgan fingerprint density at radius 1 is 0.974 bits per heavy atom. The number of imide groups is 1. The van der Waals surface area contributed by atoms with E-state index in [1.807, 2.05) is 17.0 Å². The molecule has 4 heterocycles. The maximum atomic E-state index is 13.8. The maximum Gasteiger partial charge on any atom is 0.278 e. The van der Waals surface area contributed by atoms with Crippen molar-refractivity contribution < 1.29 is 19.3 Å². The van der Waals surface area contributed by atoms with Gasteiger partial charge in [-0.1, -0.05) is 48.0 Å². The fraction of sp³-hybridized carbons (Fsp3) is 0.281. The number of aryl methyl sites for hydroxylation is 1. The molecule has 3 aliphatic heterocycles. The van der Waals surface area contributed by atoms with Gasteiger partial charge in [-0.15, -0.1) is 0 Å². The maximum absolute atomic E-state index is 13.8. The predicted octanol–water partition coefficient (Wildman–Crippen LogP) is 2.84. The highest BCUT2D eigenvalue weighted by atomic mass is 16.2. The number of aromatic nitrogens is 1. The molecule has 1 aromatic heterocycles. The number of hydrogen-bond donors (Lipinski definition) is 2. The second-order valence-corrected chi connectivity index (χ2v) is 11.0. The summed E-state index contributed by atoms with van der Waals surface area (Å²) >= 11 is 0. The summed E-state index contributed by atoms with van der Waals surface area (Å²) in [7, 11) is 0. The summed E-state index contributed by atoms with van der Waals surface area (Å²) in [6.45, 7) is 4.75. The first-order chi connectivity index (χ1) is 19.0. The van der Waals surface area contributed by atoms with E-state index >= 15 is 0 Å². The molecule has 0 saturated heterocycles. The number of amides is 3. The van der Waals surface area contributed by atoms with Crippen LogP contribution in [0.15, 0.2) is 66.7 Å². The largest absolute Gasteiger partial charge is 0.358 e. The van der Waals surface area contributed by atoms with Crippen LogP contribution < -0.4 is 4.90 Å². The number of hydrogen-bond acceptors (Lipinski definition) is 3. The van der Waals surface area contributed by atoms with Crippen LogP contribution in [0.1, 0.15) is 54.7 Å². The topological polar surface area (TPSA) is 77.9 Å². The van der Waals surface area contributed by atoms with Gasteiger partial charge in [0.05, 0.1) is 24.2 Å². The lowest BCUT2D eigenvalue weighted by molar-refractivity contribution is -0.925. The average Bonchev–Trinajstić information content (AvgIpc) is 3.43. The van der Waals surface area contributed by atoms with E-state index in [4.69, 9.17) is 0 Å². The normalized spacial score (nSPS) is 20.2. The van der Waals surface area contributed by atoms with Gasteiger partial charge in [0.25, 0.3) is 17.7 Å². The second-order valence-electron chi connectivity index (χ2n) is 11.0. The molecule has 3 aromatic carbocycles. The molecule has 1 unspecified atom stereocenters. The number of nitrogens with zero attached hydrogens (tertiary/aromatic N) is 2. The molecule has 3 amide bonds. The van der Waals surface area contributed by atoms with E-state index < -0.39 is 0 Å². The Balaban J connectivity index is 1.14. The summed E-state index contributed by atoms with van der Waals surface area (Å²) in [5.74, 6) is -0.380. The fourth-order valence-electron chi connectivity index (χ4n) is 6.66. The Hall–Kier alpha value is -4.23. The van der Waals surface area contributed by atoms with Crippen LogP contribution in [0.2, 0.25) is 0 Å². The van der Waals surface area contributed by atoms with Crippen molar-refractivity contribution in [1.29, 1.82) is 0 Å². The first-order valence-electron chi connectivity index (χ1n) is 13.7. The minimum Gasteiger partial charge on any atom is -0.358 e. The lowest BCUT2D eigenvalue weighted by Crippen LogP contribution is -3.15. The van der Waals surface area contributed by atoms with E-state index in [0.29, 0.717) is 30.8 Å². The molecule has 7 nitrogen and oxygen atoms in total. The van der Waals surface area contributed by atoms with Gasteiger partial charge in [0.2, 0.25) is 0 Å². The van der Waals surface area contributed by atoms with Crippen LogP contribution in [0.4, 0.5) is 0 Å². The average molecular weight is 520 g/mol. The first kappa shape index (κ1) is 23.9. The number of H-pyrrole nitrogens is 1. The third kappa shape index (κ3) is 3.96. The van der Waals surface area contributed by atoms with E-state index in [0.717, 1.165) is 35.4 Å². The zero-order valence-corrected chi connectivity index (χ0v) is 22.0. The number of carbonyl (C=O) groups is 3. The number of carbonyl (C=O) groups excluding carboxylic acids is 3. The zero-order chi connectivity index (χ0) is 26.7. The lowest BCUT2D eigenvalue weighted by atomic mass is 9.92. The van der Waals surface area contributed by atoms with Crippen LogP contribution in [-0.4, -0.2) is 58.7 Å². The van der Waals surface area contributed by atoms with Crippen molar-refractivity contribution in [2.75, 3.05) is 26.2 Å². The molecule has 0 aliphatic carbocycles. The molecule has 3 aliphatic rings. The Morgan fingerprint density at radius 2 is 1.72 bits per heavy atom. The van der Waals surface area contributed by atoms with Gasteiger partial charge in [0.15, 0.2) is 6.54 Å². The smallest absolute Gasteiger partial charge is 0.278 e. The molecular weight excluding hydrogens is 488 g/mol. The molecule has 0 saturated carbocycles. The molecule has 0 spiro atoms. The summed E-state index contributed by atoms with van der Waals surface area (Å²) in [5.41, 5.74) is 8.05. The van der Waals surface area contributed by atoms with Gasteiger partial charge in [0, 0.05) is 53.7 Å². The van der Waals surface area contributed by atoms with Crippen molar-refractivity contribution in [2.45, 2.75) is 32.4 Å². The molecular formula is C32H31N4O3+. The van der Waals surface area contributed by atoms with Crippen LogP contribution in [0.25, 0.3) is 10.9 Å². The molecule has 0 fully saturated rings. The highest BCUT2D eigenvalue weighted by Gasteiger charge is 2.41. The first-order valence-corrected chi connectivity index (χ1v) is 13.7. The van der Waals surface area contributed by atoms with Crippen LogP contribution in [0.3, 0.4) is 0 Å². The van der Waals surface area contributed by atoms with Gasteiger partial charge in [-0.3, -0.25) is 19.3 Å². The molecule has 0 bridgehead atoms. The van der Waals surface area contributed by atoms with Crippen molar-refractivity contribution in [1.82, 2.24) is 14.8 Å². The molecule has 0 radical (unpaired) electrons. The lowest BCUT2D eigenvalue weighted by Gasteiger charge is -2.37. The minimum absolute atomic E-state index is 0.115. The van der Waals surface area contributed by atoms with Gasteiger partial charge in [-0.2, -0.15) is 0 Å². The Morgan fingerprint density at radius 3 is 2.51 bits per heavy atom. The van der Waals surface area contributed by atoms with Gasteiger partial charge in [-0.05, 0) is 36.8 Å². The molecule has 7 heteroatoms. The number of rotatable bonds is 4. The van der Waals surface area contributed by atoms with Gasteiger partial charge >= 0.3 is 0 Å². The third-order valence-corrected chi connectivity index (χ3v) is 8.74. The Bertz CT molecular complexity index is 1620. The summed E-state index contributed by atoms with van der Waals surface area (Å²) in [6.07, 6.45) is 1.68. The standard InChI is InChI=1S/C32H30N4O3/c1-20-10-11-27-25(16-20)26-17-35(15-13-28(26)33-27)30(37)19-34-14-12-21-6-2-3-7-22(21)29(34)18-36-31(38)23-8-4-5-9-24(23)32(36)39/h2-11,16,29,33H,12-15,17-19H2,1H3/p+1/t29-/m0/s1. The van der Waals surface area contributed by atoms with Crippen molar-refractivity contribution in [3.05, 3.63) is 106 Å². The number of fused-ring (bicyclic) bond motifs is 5. The molecule has 2 atom stereocenters. The molecule has 2 N–H and O–H groups in total. The van der Waals surface area contributed by atoms with Crippen molar-refractivity contribution >= 4 is 28.6 Å². The van der Waals surface area contributed by atoms with Crippen LogP contribution in [0, 0.1) is 6.92 Å². The Kier molecular flexibility index (Phi) is 5.63. The number of aromatic amines is 1. The molecule has 4 aromatic rings. The minimum atomic E-state index is -0.248. The highest BCUT2D eigenvalue weighted by molar-refractivity contribution is 6.21. The van der Waals surface area contributed by atoms with Gasteiger partial charge < -0.3 is 14.8 Å². The van der Waals surface area contributed by atoms with Crippen molar-refractivity contribution in [3.63, 3.8) is 0 Å². The number of quaternary nitrogens is 1. The number of nitrogens with one attached hydrogen (secondary N) is 2. The molecule has 196 valence electrons. The van der Waals surface area contributed by atoms with Crippen LogP contribution in [0.5, 0.6) is 0 Å². The Labute approximate surface area is 227 Å². The van der Waals surface area contributed by atoms with Gasteiger partial charge in [-0.25, -0.2) is 0 Å². The van der Waals surface area contributed by atoms with Crippen molar-refractivity contribution in [3.8, 4) is 0 Å². The highest BCUT2D eigenvalue weighted by Crippen LogP contribution is 2.29. The van der Waals surface area contributed by atoms with Gasteiger partial charge in [0.1, 0.15) is 6.04 Å². The van der Waals surface area contributed by atoms with E-state index in [1.165, 1.54) is 32.7 Å². The second kappa shape index (κ2) is 9.20. The predicted molar refractivity (Wildman–Crippen MR) is 148 cm³/mol. The summed E-state index contributed by atoms with van der Waals surface area (Å²) in [4.78, 5) is 48.2. The van der Waals surface area contributed by atoms with Crippen molar-refractivity contribution in [2.24, 2.45) is 0 Å². The van der Waals surface area contributed by atoms with Crippen LogP contribution in [-0.2, 0) is 24.2 Å². The van der Waals surface area contributed by atoms with E-state index in [-0.39, 0.29) is 30.3 Å². The van der Waals surface area contributed by atoms with Crippen LogP contribution >= 0.6 is 0 Å². The quantitative estimate of drug-likeness (QED) is 0.407. The van der Waals surface area contributed by atoms with E-state index in [9.17, 15) is 14.4 Å². The third-order valence-electron chi connectivity index (χ3n) is 8.74.